The van der Waals surface area contributed by atoms with Crippen LogP contribution in [0.4, 0.5) is 0 Å². The molecule has 0 radical (unpaired) electrons. The summed E-state index contributed by atoms with van der Waals surface area (Å²) in [6.07, 6.45) is 3.26. The summed E-state index contributed by atoms with van der Waals surface area (Å²) in [4.78, 5) is 60.8. The molecule has 8 rings (SSSR count). The zero-order valence-electron chi connectivity index (χ0n) is 46.4. The first-order valence-electron chi connectivity index (χ1n) is 27.1. The average molecular weight is 1150 g/mol. The van der Waals surface area contributed by atoms with E-state index in [0.717, 1.165) is 22.3 Å². The number of hydrogen-bond donors (Lipinski definition) is 0. The van der Waals surface area contributed by atoms with E-state index in [4.69, 9.17) is 41.4 Å². The van der Waals surface area contributed by atoms with Crippen LogP contribution in [0.25, 0.3) is 5.69 Å². The number of ether oxygens (including phenoxy) is 3. The highest BCUT2D eigenvalue weighted by atomic mass is 31.2. The minimum Gasteiger partial charge on any atom is -0.497 e. The number of hydrogen-bond acceptors (Lipinski definition) is 15. The maximum atomic E-state index is 14.6. The predicted molar refractivity (Wildman–Crippen MR) is 303 cm³/mol. The van der Waals surface area contributed by atoms with Gasteiger partial charge in [-0.15, -0.1) is 0 Å². The minimum absolute atomic E-state index is 0.00344. The van der Waals surface area contributed by atoms with Gasteiger partial charge in [-0.05, 0) is 110 Å². The largest absolute Gasteiger partial charge is 0.497 e. The minimum atomic E-state index is -4.07. The van der Waals surface area contributed by atoms with E-state index < -0.39 is 51.2 Å². The Morgan fingerprint density at radius 3 is 1.04 bits per heavy atom. The SMILES string of the molecule is COc1ccc(-n2c(C(=O)N(C)C)c(OC(=O)C3CCC(COP(=O)(OCc4ccccc4)OCc4ccccc4)CC3)c(OC(=O)C3CCC(COP(=O)(OCc4ccccc4)OCc4ccccc4)CC3)c2C(=O)N(C)C)cc1. The van der Waals surface area contributed by atoms with Crippen LogP contribution in [0.2, 0.25) is 0 Å². The quantitative estimate of drug-likeness (QED) is 0.0367. The van der Waals surface area contributed by atoms with Crippen LogP contribution in [0.15, 0.2) is 146 Å². The van der Waals surface area contributed by atoms with E-state index >= 15 is 0 Å². The smallest absolute Gasteiger partial charge is 0.475 e. The van der Waals surface area contributed by atoms with Gasteiger partial charge in [0.2, 0.25) is 11.5 Å². The third-order valence-electron chi connectivity index (χ3n) is 14.3. The van der Waals surface area contributed by atoms with Crippen molar-refractivity contribution in [1.29, 1.82) is 0 Å². The molecule has 81 heavy (non-hydrogen) atoms. The molecule has 20 heteroatoms. The second-order valence-corrected chi connectivity index (χ2v) is 23.9. The summed E-state index contributed by atoms with van der Waals surface area (Å²) in [5.41, 5.74) is 3.06. The molecule has 2 aliphatic carbocycles. The van der Waals surface area contributed by atoms with Crippen molar-refractivity contribution in [3.05, 3.63) is 179 Å². The van der Waals surface area contributed by atoms with Crippen LogP contribution in [0, 0.1) is 23.7 Å². The fourth-order valence-electron chi connectivity index (χ4n) is 9.54. The van der Waals surface area contributed by atoms with Gasteiger partial charge in [-0.25, -0.2) is 9.13 Å². The van der Waals surface area contributed by atoms with Crippen LogP contribution in [-0.4, -0.2) is 86.6 Å². The molecule has 0 atom stereocenters. The lowest BCUT2D eigenvalue weighted by molar-refractivity contribution is -0.143. The number of rotatable bonds is 26. The lowest BCUT2D eigenvalue weighted by Crippen LogP contribution is -2.29. The maximum Gasteiger partial charge on any atom is 0.475 e. The average Bonchev–Trinajstić information content (AvgIpc) is 4.08. The van der Waals surface area contributed by atoms with Gasteiger partial charge in [-0.2, -0.15) is 0 Å². The van der Waals surface area contributed by atoms with Crippen molar-refractivity contribution >= 4 is 39.4 Å². The van der Waals surface area contributed by atoms with Crippen molar-refractivity contribution in [3.63, 3.8) is 0 Å². The summed E-state index contributed by atoms with van der Waals surface area (Å²) < 4.78 is 82.9. The summed E-state index contributed by atoms with van der Waals surface area (Å²) in [6, 6.07) is 43.7. The third-order valence-corrected chi connectivity index (χ3v) is 17.0. The Labute approximate surface area is 473 Å². The molecule has 2 amide bonds. The Kier molecular flexibility index (Phi) is 21.5. The first-order chi connectivity index (χ1) is 39.1. The second kappa shape index (κ2) is 28.8. The van der Waals surface area contributed by atoms with Crippen molar-refractivity contribution in [2.45, 2.75) is 77.8 Å². The van der Waals surface area contributed by atoms with Crippen molar-refractivity contribution in [3.8, 4) is 22.9 Å². The van der Waals surface area contributed by atoms with Crippen LogP contribution in [0.5, 0.6) is 17.2 Å². The molecule has 0 bridgehead atoms. The van der Waals surface area contributed by atoms with Gasteiger partial charge in [0.05, 0.1) is 58.6 Å². The van der Waals surface area contributed by atoms with Crippen LogP contribution in [-0.2, 0) is 72.3 Å². The number of amides is 2. The van der Waals surface area contributed by atoms with Gasteiger partial charge >= 0.3 is 27.6 Å². The monoisotopic (exact) mass is 1150 g/mol. The fourth-order valence-corrected chi connectivity index (χ4v) is 12.0. The Hall–Kier alpha value is -6.72. The molecule has 5 aromatic carbocycles. The lowest BCUT2D eigenvalue weighted by Gasteiger charge is -2.28. The highest BCUT2D eigenvalue weighted by Gasteiger charge is 2.41. The van der Waals surface area contributed by atoms with Crippen LogP contribution < -0.4 is 14.2 Å². The van der Waals surface area contributed by atoms with Crippen molar-refractivity contribution in [1.82, 2.24) is 14.4 Å². The van der Waals surface area contributed by atoms with Gasteiger partial charge < -0.3 is 24.0 Å². The first-order valence-corrected chi connectivity index (χ1v) is 30.1. The molecule has 0 unspecified atom stereocenters. The number of benzene rings is 5. The fraction of sp³-hybridized carbons (Fsp3) is 0.377. The molecule has 6 aromatic rings. The Morgan fingerprint density at radius 2 is 0.753 bits per heavy atom. The summed E-state index contributed by atoms with van der Waals surface area (Å²) in [5.74, 6) is -4.56. The highest BCUT2D eigenvalue weighted by Crippen LogP contribution is 2.53. The van der Waals surface area contributed by atoms with Crippen LogP contribution in [0.1, 0.15) is 94.6 Å². The van der Waals surface area contributed by atoms with E-state index in [1.807, 2.05) is 121 Å². The van der Waals surface area contributed by atoms with Gasteiger partial charge in [-0.3, -0.25) is 50.9 Å². The van der Waals surface area contributed by atoms with Crippen LogP contribution >= 0.6 is 15.6 Å². The number of nitrogens with zero attached hydrogens (tertiary/aromatic N) is 3. The van der Waals surface area contributed by atoms with Gasteiger partial charge in [0.25, 0.3) is 11.8 Å². The lowest BCUT2D eigenvalue weighted by atomic mass is 9.82. The molecule has 1 heterocycles. The number of phosphoric acid groups is 2. The van der Waals surface area contributed by atoms with Crippen molar-refractivity contribution < 1.29 is 69.7 Å². The molecule has 0 N–H and O–H groups in total. The number of carbonyl (C=O) groups excluding carboxylic acids is 4. The summed E-state index contributed by atoms with van der Waals surface area (Å²) in [7, 11) is -0.548. The zero-order valence-corrected chi connectivity index (χ0v) is 48.2. The Morgan fingerprint density at radius 1 is 0.444 bits per heavy atom. The molecule has 0 spiro atoms. The third kappa shape index (κ3) is 16.7. The predicted octanol–water partition coefficient (Wildman–Crippen LogP) is 12.4. The molecule has 0 saturated heterocycles. The first kappa shape index (κ1) is 60.4. The number of methoxy groups -OCH3 is 1. The molecule has 0 aliphatic heterocycles. The van der Waals surface area contributed by atoms with Crippen LogP contribution in [0.3, 0.4) is 0 Å². The summed E-state index contributed by atoms with van der Waals surface area (Å²) >= 11 is 0. The summed E-state index contributed by atoms with van der Waals surface area (Å²) in [6.45, 7) is 0.0832. The molecular formula is C61H71N3O15P2. The van der Waals surface area contributed by atoms with Gasteiger partial charge in [0.1, 0.15) is 5.75 Å². The van der Waals surface area contributed by atoms with E-state index in [2.05, 4.69) is 0 Å². The van der Waals surface area contributed by atoms with Crippen molar-refractivity contribution in [2.75, 3.05) is 48.5 Å². The molecule has 2 fully saturated rings. The molecular weight excluding hydrogens is 1080 g/mol. The Balaban J connectivity index is 0.992. The number of carbonyl (C=O) groups is 4. The van der Waals surface area contributed by atoms with E-state index in [0.29, 0.717) is 62.8 Å². The molecule has 430 valence electrons. The van der Waals surface area contributed by atoms with Gasteiger partial charge in [-0.1, -0.05) is 121 Å². The van der Waals surface area contributed by atoms with E-state index in [1.165, 1.54) is 49.7 Å². The topological polar surface area (TPSA) is 197 Å². The second-order valence-electron chi connectivity index (χ2n) is 20.6. The van der Waals surface area contributed by atoms with E-state index in [1.54, 1.807) is 24.3 Å². The Bertz CT molecular complexity index is 2830. The molecule has 2 saturated carbocycles. The normalized spacial score (nSPS) is 17.4. The molecule has 18 nitrogen and oxygen atoms in total. The van der Waals surface area contributed by atoms with Gasteiger partial charge in [0, 0.05) is 33.9 Å². The number of aromatic nitrogens is 1. The van der Waals surface area contributed by atoms with E-state index in [-0.39, 0.29) is 74.4 Å². The van der Waals surface area contributed by atoms with E-state index in [9.17, 15) is 28.3 Å². The standard InChI is InChI=1S/C61H71N3O15P2/c1-62(2)58(65)54-56(78-60(67)50-30-26-48(27-31-50)42-76-80(69,72-38-44-18-10-6-11-19-44)73-39-45-20-12-7-13-21-45)57(55(59(66)63(3)4)64(54)52-34-36-53(71-5)37-35-52)79-61(68)51-32-28-49(29-33-51)43-77-81(70,74-40-46-22-14-8-15-23-46)75-41-47-24-16-9-17-25-47/h6-25,34-37,48-51H,26-33,38-43H2,1-5H3. The highest BCUT2D eigenvalue weighted by molar-refractivity contribution is 7.48. The molecule has 1 aromatic heterocycles. The number of esters is 2. The zero-order chi connectivity index (χ0) is 57.4. The van der Waals surface area contributed by atoms with Gasteiger partial charge in [0.15, 0.2) is 11.4 Å². The summed E-state index contributed by atoms with van der Waals surface area (Å²) in [5, 5.41) is 0. The number of phosphoric ester groups is 2. The maximum absolute atomic E-state index is 14.6. The molecule has 2 aliphatic rings. The van der Waals surface area contributed by atoms with Crippen molar-refractivity contribution in [2.24, 2.45) is 23.7 Å².